The van der Waals surface area contributed by atoms with Crippen LogP contribution in [-0.4, -0.2) is 52.4 Å². The van der Waals surface area contributed by atoms with Crippen molar-refractivity contribution < 1.29 is 9.53 Å². The van der Waals surface area contributed by atoms with Gasteiger partial charge in [0.2, 0.25) is 11.8 Å². The minimum atomic E-state index is -0.346. The summed E-state index contributed by atoms with van der Waals surface area (Å²) in [6.45, 7) is 2.54. The largest absolute Gasteiger partial charge is 0.379 e. The van der Waals surface area contributed by atoms with E-state index < -0.39 is 0 Å². The van der Waals surface area contributed by atoms with Crippen molar-refractivity contribution >= 4 is 11.9 Å². The van der Waals surface area contributed by atoms with Crippen LogP contribution in [0.25, 0.3) is 0 Å². The summed E-state index contributed by atoms with van der Waals surface area (Å²) in [5.41, 5.74) is 7.96. The van der Waals surface area contributed by atoms with E-state index in [-0.39, 0.29) is 17.7 Å². The number of nitrogen functional groups attached to an aromatic ring is 1. The first kappa shape index (κ1) is 9.87. The fourth-order valence-electron chi connectivity index (χ4n) is 1.25. The highest BCUT2D eigenvalue weighted by Crippen LogP contribution is 1.96. The second-order valence-corrected chi connectivity index (χ2v) is 3.08. The molecule has 4 N–H and O–H groups in total. The summed E-state index contributed by atoms with van der Waals surface area (Å²) in [4.78, 5) is 15.3. The number of nitrogens with zero attached hydrogens (tertiary/aromatic N) is 3. The Bertz CT molecular complexity index is 345. The van der Waals surface area contributed by atoms with Gasteiger partial charge >= 0.3 is 5.91 Å². The van der Waals surface area contributed by atoms with E-state index >= 15 is 0 Å². The summed E-state index contributed by atoms with van der Waals surface area (Å²) < 4.78 is 5.14. The van der Waals surface area contributed by atoms with Gasteiger partial charge in [-0.1, -0.05) is 0 Å². The maximum atomic E-state index is 11.5. The van der Waals surface area contributed by atoms with Gasteiger partial charge in [-0.05, 0) is 0 Å². The Morgan fingerprint density at radius 3 is 2.87 bits per heavy atom. The number of hydrazine groups is 1. The van der Waals surface area contributed by atoms with Crippen molar-refractivity contribution in [1.82, 2.24) is 25.6 Å². The molecule has 82 valence electrons. The number of hydrogen-bond acceptors (Lipinski definition) is 6. The molecular formula is C7H12N6O2. The number of nitrogens with two attached hydrogens (primary N) is 1. The molecule has 2 heterocycles. The first-order valence-electron chi connectivity index (χ1n) is 4.57. The number of hydrogen-bond donors (Lipinski definition) is 3. The summed E-state index contributed by atoms with van der Waals surface area (Å²) in [5.74, 6) is -0.179. The summed E-state index contributed by atoms with van der Waals surface area (Å²) >= 11 is 0. The van der Waals surface area contributed by atoms with Crippen LogP contribution >= 0.6 is 0 Å². The molecule has 0 radical (unpaired) electrons. The highest BCUT2D eigenvalue weighted by molar-refractivity contribution is 5.90. The van der Waals surface area contributed by atoms with E-state index in [4.69, 9.17) is 10.5 Å². The maximum Gasteiger partial charge on any atom is 0.302 e. The fraction of sp³-hybridized carbons (Fsp3) is 0.571. The molecule has 0 unspecified atom stereocenters. The Labute approximate surface area is 85.8 Å². The minimum absolute atomic E-state index is 0.0575. The molecule has 1 aromatic heterocycles. The van der Waals surface area contributed by atoms with Crippen LogP contribution in [-0.2, 0) is 4.74 Å². The van der Waals surface area contributed by atoms with Crippen LogP contribution in [0.15, 0.2) is 0 Å². The number of ether oxygens (including phenoxy) is 1. The van der Waals surface area contributed by atoms with Crippen LogP contribution in [0.3, 0.4) is 0 Å². The highest BCUT2D eigenvalue weighted by atomic mass is 16.5. The van der Waals surface area contributed by atoms with Gasteiger partial charge in [-0.3, -0.25) is 15.3 Å². The molecule has 0 aromatic carbocycles. The lowest BCUT2D eigenvalue weighted by Gasteiger charge is -2.26. The summed E-state index contributed by atoms with van der Waals surface area (Å²) in [5, 5.41) is 7.78. The molecule has 1 aliphatic heterocycles. The number of amides is 1. The van der Waals surface area contributed by atoms with Crippen LogP contribution in [0, 0.1) is 0 Å². The van der Waals surface area contributed by atoms with Gasteiger partial charge in [0.25, 0.3) is 0 Å². The quantitative estimate of drug-likeness (QED) is 0.542. The summed E-state index contributed by atoms with van der Waals surface area (Å²) in [6, 6.07) is 0. The third-order valence-electron chi connectivity index (χ3n) is 1.99. The number of aromatic nitrogens is 3. The van der Waals surface area contributed by atoms with E-state index in [1.807, 2.05) is 0 Å². The van der Waals surface area contributed by atoms with Gasteiger partial charge in [-0.2, -0.15) is 4.98 Å². The van der Waals surface area contributed by atoms with Gasteiger partial charge < -0.3 is 10.5 Å². The third kappa shape index (κ3) is 2.42. The summed E-state index contributed by atoms with van der Waals surface area (Å²) in [7, 11) is 0. The molecule has 8 nitrogen and oxygen atoms in total. The zero-order chi connectivity index (χ0) is 10.7. The Morgan fingerprint density at radius 1 is 1.53 bits per heavy atom. The Balaban J connectivity index is 1.91. The Hall–Kier alpha value is -1.67. The van der Waals surface area contributed by atoms with Crippen LogP contribution in [0.5, 0.6) is 0 Å². The van der Waals surface area contributed by atoms with E-state index in [0.29, 0.717) is 26.3 Å². The molecule has 0 bridgehead atoms. The second-order valence-electron chi connectivity index (χ2n) is 3.08. The number of H-pyrrole nitrogens is 1. The minimum Gasteiger partial charge on any atom is -0.379 e. The molecule has 0 atom stereocenters. The Kier molecular flexibility index (Phi) is 2.79. The van der Waals surface area contributed by atoms with Gasteiger partial charge in [0.05, 0.1) is 13.2 Å². The molecule has 0 saturated carbocycles. The highest BCUT2D eigenvalue weighted by Gasteiger charge is 2.16. The smallest absolute Gasteiger partial charge is 0.302 e. The normalized spacial score (nSPS) is 17.6. The number of anilines is 1. The predicted molar refractivity (Wildman–Crippen MR) is 50.7 cm³/mol. The SMILES string of the molecule is Nc1n[nH]c(C(=O)NN2CCOCC2)n1. The molecule has 1 saturated heterocycles. The van der Waals surface area contributed by atoms with E-state index in [1.165, 1.54) is 0 Å². The lowest BCUT2D eigenvalue weighted by atomic mass is 10.5. The standard InChI is InChI=1S/C7H12N6O2/c8-7-9-5(10-11-7)6(14)12-13-1-3-15-4-2-13/h1-4H2,(H,12,14)(H3,8,9,10,11). The van der Waals surface area contributed by atoms with E-state index in [2.05, 4.69) is 20.6 Å². The fourth-order valence-corrected chi connectivity index (χ4v) is 1.25. The Morgan fingerprint density at radius 2 is 2.27 bits per heavy atom. The van der Waals surface area contributed by atoms with Crippen molar-refractivity contribution in [3.05, 3.63) is 5.82 Å². The lowest BCUT2D eigenvalue weighted by Crippen LogP contribution is -2.48. The zero-order valence-electron chi connectivity index (χ0n) is 8.06. The van der Waals surface area contributed by atoms with Crippen LogP contribution < -0.4 is 11.2 Å². The monoisotopic (exact) mass is 212 g/mol. The van der Waals surface area contributed by atoms with E-state index in [1.54, 1.807) is 5.01 Å². The van der Waals surface area contributed by atoms with E-state index in [9.17, 15) is 4.79 Å². The first-order chi connectivity index (χ1) is 7.25. The molecule has 8 heteroatoms. The summed E-state index contributed by atoms with van der Waals surface area (Å²) in [6.07, 6.45) is 0. The molecule has 1 fully saturated rings. The number of nitrogens with one attached hydrogen (secondary N) is 2. The van der Waals surface area contributed by atoms with Crippen molar-refractivity contribution in [3.63, 3.8) is 0 Å². The molecule has 0 aliphatic carbocycles. The topological polar surface area (TPSA) is 109 Å². The zero-order valence-corrected chi connectivity index (χ0v) is 8.06. The molecule has 15 heavy (non-hydrogen) atoms. The number of aromatic amines is 1. The molecule has 1 aliphatic rings. The number of morpholine rings is 1. The molecule has 0 spiro atoms. The van der Waals surface area contributed by atoms with Crippen LogP contribution in [0.1, 0.15) is 10.6 Å². The van der Waals surface area contributed by atoms with Crippen LogP contribution in [0.4, 0.5) is 5.95 Å². The van der Waals surface area contributed by atoms with Crippen molar-refractivity contribution in [3.8, 4) is 0 Å². The van der Waals surface area contributed by atoms with Gasteiger partial charge in [0.1, 0.15) is 0 Å². The van der Waals surface area contributed by atoms with Crippen molar-refractivity contribution in [2.24, 2.45) is 0 Å². The molecule has 2 rings (SSSR count). The molecule has 1 aromatic rings. The number of carbonyl (C=O) groups is 1. The molecular weight excluding hydrogens is 200 g/mol. The van der Waals surface area contributed by atoms with Crippen LogP contribution in [0.2, 0.25) is 0 Å². The second kappa shape index (κ2) is 4.24. The van der Waals surface area contributed by atoms with Gasteiger partial charge in [0, 0.05) is 13.1 Å². The van der Waals surface area contributed by atoms with Gasteiger partial charge in [0.15, 0.2) is 0 Å². The van der Waals surface area contributed by atoms with Crippen molar-refractivity contribution in [2.45, 2.75) is 0 Å². The number of rotatable bonds is 2. The van der Waals surface area contributed by atoms with Crippen molar-refractivity contribution in [1.29, 1.82) is 0 Å². The lowest BCUT2D eigenvalue weighted by molar-refractivity contribution is 0.0123. The average molecular weight is 212 g/mol. The first-order valence-corrected chi connectivity index (χ1v) is 4.57. The van der Waals surface area contributed by atoms with Gasteiger partial charge in [-0.25, -0.2) is 5.01 Å². The third-order valence-corrected chi connectivity index (χ3v) is 1.99. The van der Waals surface area contributed by atoms with E-state index in [0.717, 1.165) is 0 Å². The number of carbonyl (C=O) groups excluding carboxylic acids is 1. The average Bonchev–Trinajstić information content (AvgIpc) is 2.66. The van der Waals surface area contributed by atoms with Crippen molar-refractivity contribution in [2.75, 3.05) is 32.0 Å². The predicted octanol–water partition coefficient (Wildman–Crippen LogP) is -1.64. The maximum absolute atomic E-state index is 11.5. The van der Waals surface area contributed by atoms with Gasteiger partial charge in [-0.15, -0.1) is 5.10 Å². The molecule has 1 amide bonds.